The highest BCUT2D eigenvalue weighted by atomic mass is 16.5. The largest absolute Gasteiger partial charge is 0.384 e. The van der Waals surface area contributed by atoms with Crippen molar-refractivity contribution in [1.82, 2.24) is 15.1 Å². The number of nitrogens with one attached hydrogen (secondary N) is 1. The number of urea groups is 1. The molecule has 0 aliphatic carbocycles. The Morgan fingerprint density at radius 1 is 1.45 bits per heavy atom. The molecular weight excluding hydrogens is 262 g/mol. The van der Waals surface area contributed by atoms with E-state index in [0.29, 0.717) is 32.2 Å². The molecule has 7 nitrogen and oxygen atoms in total. The molecule has 2 aliphatic rings. The highest BCUT2D eigenvalue weighted by molar-refractivity contribution is 6.00. The molecule has 20 heavy (non-hydrogen) atoms. The van der Waals surface area contributed by atoms with Gasteiger partial charge in [0.2, 0.25) is 11.8 Å². The molecule has 0 bridgehead atoms. The van der Waals surface area contributed by atoms with Gasteiger partial charge in [0.05, 0.1) is 6.61 Å². The van der Waals surface area contributed by atoms with Gasteiger partial charge in [-0.15, -0.1) is 0 Å². The van der Waals surface area contributed by atoms with Crippen LogP contribution in [0.1, 0.15) is 19.3 Å². The van der Waals surface area contributed by atoms with Gasteiger partial charge < -0.3 is 15.0 Å². The number of nitrogens with zero attached hydrogens (tertiary/aromatic N) is 2. The lowest BCUT2D eigenvalue weighted by atomic mass is 9.99. The van der Waals surface area contributed by atoms with Crippen LogP contribution in [0.25, 0.3) is 0 Å². The molecule has 7 heteroatoms. The fourth-order valence-corrected chi connectivity index (χ4v) is 2.68. The number of methoxy groups -OCH3 is 1. The molecule has 0 spiro atoms. The van der Waals surface area contributed by atoms with E-state index in [-0.39, 0.29) is 24.8 Å². The predicted molar refractivity (Wildman–Crippen MR) is 70.9 cm³/mol. The summed E-state index contributed by atoms with van der Waals surface area (Å²) in [4.78, 5) is 38.2. The SMILES string of the molecule is COCC1CCCN(C(=O)CN2C(=O)CCNC2=O)C1. The van der Waals surface area contributed by atoms with E-state index in [1.165, 1.54) is 0 Å². The van der Waals surface area contributed by atoms with E-state index in [1.807, 2.05) is 0 Å². The van der Waals surface area contributed by atoms with Crippen LogP contribution in [0.15, 0.2) is 0 Å². The maximum atomic E-state index is 12.2. The molecule has 0 aromatic carbocycles. The maximum absolute atomic E-state index is 12.2. The maximum Gasteiger partial charge on any atom is 0.324 e. The van der Waals surface area contributed by atoms with Gasteiger partial charge >= 0.3 is 6.03 Å². The van der Waals surface area contributed by atoms with Crippen molar-refractivity contribution in [3.05, 3.63) is 0 Å². The van der Waals surface area contributed by atoms with Gasteiger partial charge in [-0.1, -0.05) is 0 Å². The second-order valence-corrected chi connectivity index (χ2v) is 5.27. The van der Waals surface area contributed by atoms with Gasteiger partial charge in [-0.25, -0.2) is 4.79 Å². The summed E-state index contributed by atoms with van der Waals surface area (Å²) in [6, 6.07) is -0.472. The fraction of sp³-hybridized carbons (Fsp3) is 0.769. The Kier molecular flexibility index (Phi) is 4.94. The van der Waals surface area contributed by atoms with Gasteiger partial charge in [-0.2, -0.15) is 0 Å². The van der Waals surface area contributed by atoms with Crippen molar-refractivity contribution in [2.24, 2.45) is 5.92 Å². The lowest BCUT2D eigenvalue weighted by Gasteiger charge is -2.34. The molecule has 2 heterocycles. The van der Waals surface area contributed by atoms with Gasteiger partial charge in [0.1, 0.15) is 6.54 Å². The third kappa shape index (κ3) is 3.47. The van der Waals surface area contributed by atoms with Crippen LogP contribution in [0.2, 0.25) is 0 Å². The minimum atomic E-state index is -0.472. The van der Waals surface area contributed by atoms with Crippen LogP contribution in [0.5, 0.6) is 0 Å². The number of ether oxygens (including phenoxy) is 1. The molecular formula is C13H21N3O4. The number of hydrogen-bond acceptors (Lipinski definition) is 4. The van der Waals surface area contributed by atoms with E-state index >= 15 is 0 Å². The summed E-state index contributed by atoms with van der Waals surface area (Å²) in [5, 5.41) is 2.58. The van der Waals surface area contributed by atoms with Crippen LogP contribution in [0, 0.1) is 5.92 Å². The zero-order chi connectivity index (χ0) is 14.5. The van der Waals surface area contributed by atoms with Crippen molar-refractivity contribution >= 4 is 17.8 Å². The van der Waals surface area contributed by atoms with Crippen molar-refractivity contribution < 1.29 is 19.1 Å². The molecule has 0 radical (unpaired) electrons. The van der Waals surface area contributed by atoms with E-state index in [1.54, 1.807) is 12.0 Å². The Balaban J connectivity index is 1.90. The Labute approximate surface area is 118 Å². The zero-order valence-corrected chi connectivity index (χ0v) is 11.8. The highest BCUT2D eigenvalue weighted by Crippen LogP contribution is 2.17. The average molecular weight is 283 g/mol. The number of hydrogen-bond donors (Lipinski definition) is 1. The minimum absolute atomic E-state index is 0.162. The predicted octanol–water partition coefficient (Wildman–Crippen LogP) is -0.187. The van der Waals surface area contributed by atoms with Gasteiger partial charge in [0, 0.05) is 33.2 Å². The van der Waals surface area contributed by atoms with Gasteiger partial charge in [0.25, 0.3) is 0 Å². The topological polar surface area (TPSA) is 79.0 Å². The first kappa shape index (κ1) is 14.8. The minimum Gasteiger partial charge on any atom is -0.384 e. The van der Waals surface area contributed by atoms with E-state index in [0.717, 1.165) is 17.7 Å². The molecule has 1 unspecified atom stereocenters. The smallest absolute Gasteiger partial charge is 0.324 e. The number of rotatable bonds is 4. The number of piperidine rings is 1. The van der Waals surface area contributed by atoms with Gasteiger partial charge in [-0.05, 0) is 18.8 Å². The number of imide groups is 1. The first-order valence-electron chi connectivity index (χ1n) is 6.96. The molecule has 0 aromatic rings. The van der Waals surface area contributed by atoms with Crippen molar-refractivity contribution in [2.45, 2.75) is 19.3 Å². The summed E-state index contributed by atoms with van der Waals surface area (Å²) in [7, 11) is 1.65. The molecule has 112 valence electrons. The quantitative estimate of drug-likeness (QED) is 0.776. The summed E-state index contributed by atoms with van der Waals surface area (Å²) in [5.74, 6) is -0.118. The molecule has 1 atom stereocenters. The zero-order valence-electron chi connectivity index (χ0n) is 11.8. The molecule has 1 N–H and O–H groups in total. The van der Waals surface area contributed by atoms with E-state index in [2.05, 4.69) is 5.32 Å². The molecule has 2 fully saturated rings. The second-order valence-electron chi connectivity index (χ2n) is 5.27. The second kappa shape index (κ2) is 6.69. The number of carbonyl (C=O) groups is 3. The van der Waals surface area contributed by atoms with Crippen LogP contribution >= 0.6 is 0 Å². The fourth-order valence-electron chi connectivity index (χ4n) is 2.68. The summed E-state index contributed by atoms with van der Waals surface area (Å²) in [6.45, 7) is 2.14. The summed E-state index contributed by atoms with van der Waals surface area (Å²) in [5.41, 5.74) is 0. The molecule has 0 saturated carbocycles. The number of carbonyl (C=O) groups excluding carboxylic acids is 3. The third-order valence-electron chi connectivity index (χ3n) is 3.73. The molecule has 2 aliphatic heterocycles. The monoisotopic (exact) mass is 283 g/mol. The summed E-state index contributed by atoms with van der Waals surface area (Å²) < 4.78 is 5.13. The number of likely N-dealkylation sites (tertiary alicyclic amines) is 1. The van der Waals surface area contributed by atoms with Crippen molar-refractivity contribution in [2.75, 3.05) is 39.9 Å². The van der Waals surface area contributed by atoms with Crippen LogP contribution in [0.3, 0.4) is 0 Å². The first-order valence-corrected chi connectivity index (χ1v) is 6.96. The Bertz CT molecular complexity index is 381. The van der Waals surface area contributed by atoms with Gasteiger partial charge in [0.15, 0.2) is 0 Å². The molecule has 2 saturated heterocycles. The van der Waals surface area contributed by atoms with Crippen LogP contribution < -0.4 is 5.32 Å². The van der Waals surface area contributed by atoms with Crippen molar-refractivity contribution in [3.63, 3.8) is 0 Å². The van der Waals surface area contributed by atoms with Gasteiger partial charge in [-0.3, -0.25) is 14.5 Å². The lowest BCUT2D eigenvalue weighted by molar-refractivity contribution is -0.140. The summed E-state index contributed by atoms with van der Waals surface area (Å²) in [6.07, 6.45) is 2.23. The van der Waals surface area contributed by atoms with E-state index in [4.69, 9.17) is 4.74 Å². The summed E-state index contributed by atoms with van der Waals surface area (Å²) >= 11 is 0. The van der Waals surface area contributed by atoms with Crippen LogP contribution in [-0.4, -0.2) is 67.5 Å². The number of amides is 4. The molecule has 0 aromatic heterocycles. The van der Waals surface area contributed by atoms with Crippen molar-refractivity contribution in [1.29, 1.82) is 0 Å². The highest BCUT2D eigenvalue weighted by Gasteiger charge is 2.31. The molecule has 2 rings (SSSR count). The van der Waals surface area contributed by atoms with E-state index in [9.17, 15) is 14.4 Å². The average Bonchev–Trinajstić information content (AvgIpc) is 2.43. The Hall–Kier alpha value is -1.63. The standard InChI is InChI=1S/C13H21N3O4/c1-20-9-10-3-2-6-15(7-10)12(18)8-16-11(17)4-5-14-13(16)19/h10H,2-9H2,1H3,(H,14,19). The third-order valence-corrected chi connectivity index (χ3v) is 3.73. The Morgan fingerprint density at radius 2 is 2.25 bits per heavy atom. The normalized spacial score (nSPS) is 23.8. The van der Waals surface area contributed by atoms with Crippen LogP contribution in [0.4, 0.5) is 4.79 Å². The molecule has 4 amide bonds. The first-order chi connectivity index (χ1) is 9.61. The van der Waals surface area contributed by atoms with Crippen LogP contribution in [-0.2, 0) is 14.3 Å². The lowest BCUT2D eigenvalue weighted by Crippen LogP contribution is -2.54. The van der Waals surface area contributed by atoms with E-state index < -0.39 is 6.03 Å². The van der Waals surface area contributed by atoms with Crippen molar-refractivity contribution in [3.8, 4) is 0 Å². The Morgan fingerprint density at radius 3 is 2.95 bits per heavy atom.